The summed E-state index contributed by atoms with van der Waals surface area (Å²) in [5.41, 5.74) is 2.58. The van der Waals surface area contributed by atoms with E-state index >= 15 is 0 Å². The molecule has 2 aromatic rings. The summed E-state index contributed by atoms with van der Waals surface area (Å²) in [6, 6.07) is 15.3. The lowest BCUT2D eigenvalue weighted by Gasteiger charge is -2.28. The van der Waals surface area contributed by atoms with E-state index in [4.69, 9.17) is 16.3 Å². The van der Waals surface area contributed by atoms with Gasteiger partial charge in [0.15, 0.2) is 4.93 Å². The van der Waals surface area contributed by atoms with Crippen LogP contribution >= 0.6 is 35.8 Å². The van der Waals surface area contributed by atoms with Crippen molar-refractivity contribution in [2.75, 3.05) is 6.73 Å². The number of nitrogens with zero attached hydrogens (tertiary/aromatic N) is 1. The maximum absolute atomic E-state index is 10.1. The Hall–Kier alpha value is -0.910. The number of fused-ring (bicyclic) bond motifs is 1. The molecule has 0 amide bonds. The minimum Gasteiger partial charge on any atom is -0.476 e. The van der Waals surface area contributed by atoms with Crippen LogP contribution in [0.15, 0.2) is 47.4 Å². The molecule has 1 fully saturated rings. The van der Waals surface area contributed by atoms with Crippen molar-refractivity contribution < 1.29 is 9.84 Å². The first kappa shape index (κ1) is 21.8. The highest BCUT2D eigenvalue weighted by Crippen LogP contribution is 2.49. The molecule has 0 aromatic heterocycles. The number of aliphatic hydroxyl groups excluding tert-OH is 1. The van der Waals surface area contributed by atoms with Crippen LogP contribution in [0.5, 0.6) is 5.75 Å². The van der Waals surface area contributed by atoms with Crippen molar-refractivity contribution in [3.8, 4) is 5.75 Å². The summed E-state index contributed by atoms with van der Waals surface area (Å²) in [5, 5.41) is 10.8. The number of benzene rings is 2. The molecule has 0 radical (unpaired) electrons. The molecule has 3 nitrogen and oxygen atoms in total. The van der Waals surface area contributed by atoms with Gasteiger partial charge in [-0.3, -0.25) is 4.90 Å². The van der Waals surface area contributed by atoms with Gasteiger partial charge >= 0.3 is 0 Å². The molecule has 4 rings (SSSR count). The van der Waals surface area contributed by atoms with E-state index in [1.165, 1.54) is 16.0 Å². The highest BCUT2D eigenvalue weighted by atomic mass is 35.5. The first-order chi connectivity index (χ1) is 12.9. The molecular formula is C22H27Cl2NO2S. The van der Waals surface area contributed by atoms with Crippen molar-refractivity contribution in [2.45, 2.75) is 61.4 Å². The number of aliphatic hydroxyl groups is 1. The molecule has 2 unspecified atom stereocenters. The van der Waals surface area contributed by atoms with Gasteiger partial charge in [-0.25, -0.2) is 0 Å². The predicted molar refractivity (Wildman–Crippen MR) is 119 cm³/mol. The molecule has 1 saturated heterocycles. The summed E-state index contributed by atoms with van der Waals surface area (Å²) in [6.07, 6.45) is 4.26. The average molecular weight is 440 g/mol. The van der Waals surface area contributed by atoms with Crippen molar-refractivity contribution in [3.63, 3.8) is 0 Å². The lowest BCUT2D eigenvalue weighted by atomic mass is 10.0. The summed E-state index contributed by atoms with van der Waals surface area (Å²) in [6.45, 7) is 4.29. The second kappa shape index (κ2) is 8.85. The van der Waals surface area contributed by atoms with E-state index < -0.39 is 0 Å². The molecule has 0 saturated carbocycles. The van der Waals surface area contributed by atoms with Crippen molar-refractivity contribution >= 4 is 35.8 Å². The molecule has 2 heterocycles. The largest absolute Gasteiger partial charge is 0.476 e. The first-order valence-corrected chi connectivity index (χ1v) is 10.8. The van der Waals surface area contributed by atoms with Crippen LogP contribution in [0.2, 0.25) is 5.02 Å². The molecule has 0 spiro atoms. The Morgan fingerprint density at radius 2 is 1.93 bits per heavy atom. The second-order valence-corrected chi connectivity index (χ2v) is 9.94. The van der Waals surface area contributed by atoms with E-state index in [0.717, 1.165) is 36.5 Å². The molecule has 2 aliphatic heterocycles. The maximum Gasteiger partial charge on any atom is 0.153 e. The van der Waals surface area contributed by atoms with Gasteiger partial charge in [0, 0.05) is 17.1 Å². The highest BCUT2D eigenvalue weighted by Gasteiger charge is 2.36. The Morgan fingerprint density at radius 1 is 1.18 bits per heavy atom. The SMILES string of the molecule is CC1(C)Oc2ccc(C3CCC(CCc4ccc(Cl)cc4)N3CO)cc2S1.Cl. The Kier molecular flexibility index (Phi) is 6.88. The molecule has 0 bridgehead atoms. The van der Waals surface area contributed by atoms with Crippen LogP contribution in [0.4, 0.5) is 0 Å². The van der Waals surface area contributed by atoms with Gasteiger partial charge in [0.25, 0.3) is 0 Å². The van der Waals surface area contributed by atoms with E-state index in [2.05, 4.69) is 49.1 Å². The fraction of sp³-hybridized carbons (Fsp3) is 0.455. The number of hydrogen-bond acceptors (Lipinski definition) is 4. The van der Waals surface area contributed by atoms with Crippen LogP contribution in [0, 0.1) is 0 Å². The van der Waals surface area contributed by atoms with Gasteiger partial charge in [0.05, 0.1) is 11.6 Å². The summed E-state index contributed by atoms with van der Waals surface area (Å²) in [7, 11) is 0. The Labute approximate surface area is 182 Å². The van der Waals surface area contributed by atoms with Crippen LogP contribution in [-0.4, -0.2) is 27.7 Å². The molecule has 28 heavy (non-hydrogen) atoms. The zero-order valence-electron chi connectivity index (χ0n) is 16.2. The lowest BCUT2D eigenvalue weighted by Crippen LogP contribution is -2.32. The lowest BCUT2D eigenvalue weighted by molar-refractivity contribution is 0.0596. The normalized spacial score (nSPS) is 23.1. The third-order valence-electron chi connectivity index (χ3n) is 5.55. The Bertz CT molecular complexity index is 813. The van der Waals surface area contributed by atoms with Gasteiger partial charge in [-0.2, -0.15) is 0 Å². The van der Waals surface area contributed by atoms with Crippen LogP contribution in [-0.2, 0) is 6.42 Å². The van der Waals surface area contributed by atoms with Crippen LogP contribution < -0.4 is 4.74 Å². The summed E-state index contributed by atoms with van der Waals surface area (Å²) in [4.78, 5) is 3.26. The van der Waals surface area contributed by atoms with Crippen LogP contribution in [0.1, 0.15) is 50.3 Å². The first-order valence-electron chi connectivity index (χ1n) is 9.58. The topological polar surface area (TPSA) is 32.7 Å². The number of ether oxygens (including phenoxy) is 1. The fourth-order valence-corrected chi connectivity index (χ4v) is 5.44. The molecule has 2 aliphatic rings. The van der Waals surface area contributed by atoms with Crippen molar-refractivity contribution in [1.29, 1.82) is 0 Å². The van der Waals surface area contributed by atoms with E-state index in [0.29, 0.717) is 6.04 Å². The molecule has 6 heteroatoms. The summed E-state index contributed by atoms with van der Waals surface area (Å²) < 4.78 is 5.97. The smallest absolute Gasteiger partial charge is 0.153 e. The van der Waals surface area contributed by atoms with Crippen molar-refractivity contribution in [1.82, 2.24) is 4.90 Å². The van der Waals surface area contributed by atoms with E-state index in [1.54, 1.807) is 11.8 Å². The molecule has 0 aliphatic carbocycles. The zero-order valence-corrected chi connectivity index (χ0v) is 18.6. The predicted octanol–water partition coefficient (Wildman–Crippen LogP) is 6.07. The number of likely N-dealkylation sites (tertiary alicyclic amines) is 1. The summed E-state index contributed by atoms with van der Waals surface area (Å²) in [5.74, 6) is 0.974. The van der Waals surface area contributed by atoms with Crippen molar-refractivity contribution in [3.05, 3.63) is 58.6 Å². The molecule has 152 valence electrons. The minimum absolute atomic E-state index is 0. The number of hydrogen-bond donors (Lipinski definition) is 1. The molecule has 1 N–H and O–H groups in total. The number of aryl methyl sites for hydroxylation is 1. The monoisotopic (exact) mass is 439 g/mol. The van der Waals surface area contributed by atoms with Crippen LogP contribution in [0.3, 0.4) is 0 Å². The van der Waals surface area contributed by atoms with Gasteiger partial charge in [0.2, 0.25) is 0 Å². The Balaban J connectivity index is 0.00000225. The summed E-state index contributed by atoms with van der Waals surface area (Å²) >= 11 is 7.75. The standard InChI is InChI=1S/C22H26ClNO2S.ClH/c1-22(2)26-20-12-6-16(13-21(20)27-22)19-11-10-18(24(19)14-25)9-5-15-3-7-17(23)8-4-15;/h3-4,6-8,12-13,18-19,25H,5,9-11,14H2,1-2H3;1H. The number of rotatable bonds is 5. The minimum atomic E-state index is -0.200. The van der Waals surface area contributed by atoms with Gasteiger partial charge in [-0.15, -0.1) is 12.4 Å². The average Bonchev–Trinajstić information content (AvgIpc) is 3.18. The zero-order chi connectivity index (χ0) is 19.0. The maximum atomic E-state index is 10.1. The van der Waals surface area contributed by atoms with Crippen LogP contribution in [0.25, 0.3) is 0 Å². The number of halogens is 2. The quantitative estimate of drug-likeness (QED) is 0.612. The van der Waals surface area contributed by atoms with Gasteiger partial charge < -0.3 is 9.84 Å². The number of thioether (sulfide) groups is 1. The third kappa shape index (κ3) is 4.63. The van der Waals surface area contributed by atoms with E-state index in [9.17, 15) is 5.11 Å². The highest BCUT2D eigenvalue weighted by molar-refractivity contribution is 8.00. The van der Waals surface area contributed by atoms with Crippen molar-refractivity contribution in [2.24, 2.45) is 0 Å². The molecular weight excluding hydrogens is 413 g/mol. The van der Waals surface area contributed by atoms with Gasteiger partial charge in [-0.1, -0.05) is 41.6 Å². The van der Waals surface area contributed by atoms with Gasteiger partial charge in [-0.05, 0) is 74.9 Å². The Morgan fingerprint density at radius 3 is 2.64 bits per heavy atom. The molecule has 2 atom stereocenters. The van der Waals surface area contributed by atoms with Gasteiger partial charge in [0.1, 0.15) is 5.75 Å². The van der Waals surface area contributed by atoms with E-state index in [1.807, 2.05) is 12.1 Å². The second-order valence-electron chi connectivity index (χ2n) is 7.88. The fourth-order valence-electron chi connectivity index (χ4n) is 4.25. The van der Waals surface area contributed by atoms with E-state index in [-0.39, 0.29) is 30.1 Å². The molecule has 2 aromatic carbocycles. The third-order valence-corrected chi connectivity index (χ3v) is 6.92.